The Morgan fingerprint density at radius 1 is 1.26 bits per heavy atom. The minimum atomic E-state index is -3.43. The smallest absolute Gasteiger partial charge is 0.208 e. The third-order valence-electron chi connectivity index (χ3n) is 3.54. The van der Waals surface area contributed by atoms with Crippen molar-refractivity contribution in [3.8, 4) is 0 Å². The van der Waals surface area contributed by atoms with Crippen molar-refractivity contribution in [2.45, 2.75) is 51.5 Å². The summed E-state index contributed by atoms with van der Waals surface area (Å²) in [4.78, 5) is 0.325. The van der Waals surface area contributed by atoms with Crippen LogP contribution in [-0.2, 0) is 10.0 Å². The van der Waals surface area contributed by atoms with Gasteiger partial charge in [0.25, 0.3) is 0 Å². The molecular formula is C14H22BrNO2S. The van der Waals surface area contributed by atoms with E-state index in [1.807, 2.05) is 13.8 Å². The average molecular weight is 348 g/mol. The Labute approximate surface area is 125 Å². The van der Waals surface area contributed by atoms with Crippen LogP contribution < -0.4 is 4.72 Å². The van der Waals surface area contributed by atoms with Gasteiger partial charge in [0.1, 0.15) is 0 Å². The fourth-order valence-corrected chi connectivity index (χ4v) is 3.83. The molecule has 0 aliphatic rings. The molecule has 1 aromatic carbocycles. The Hall–Kier alpha value is -0.390. The molecular weight excluding hydrogens is 326 g/mol. The van der Waals surface area contributed by atoms with Crippen LogP contribution in [0.15, 0.2) is 27.6 Å². The summed E-state index contributed by atoms with van der Waals surface area (Å²) in [6.45, 7) is 7.99. The largest absolute Gasteiger partial charge is 0.240 e. The summed E-state index contributed by atoms with van der Waals surface area (Å²) in [6, 6.07) is 5.03. The standard InChI is InChI=1S/C14H22BrNO2S/c1-5-12(6-2)11(4)16-19(17,18)13-7-8-14(15)10(3)9-13/h7-9,11-12,16H,5-6H2,1-4H3. The van der Waals surface area contributed by atoms with Gasteiger partial charge in [0.05, 0.1) is 4.90 Å². The molecule has 0 radical (unpaired) electrons. The second kappa shape index (κ2) is 6.86. The lowest BCUT2D eigenvalue weighted by atomic mass is 9.96. The molecule has 0 fully saturated rings. The van der Waals surface area contributed by atoms with Gasteiger partial charge in [0, 0.05) is 10.5 Å². The maximum atomic E-state index is 12.3. The van der Waals surface area contributed by atoms with Crippen molar-refractivity contribution in [3.05, 3.63) is 28.2 Å². The third kappa shape index (κ3) is 4.29. The molecule has 0 saturated heterocycles. The van der Waals surface area contributed by atoms with Crippen molar-refractivity contribution >= 4 is 26.0 Å². The molecule has 0 aliphatic heterocycles. The van der Waals surface area contributed by atoms with Crippen LogP contribution in [0.1, 0.15) is 39.2 Å². The predicted octanol–water partition coefficient (Wildman–Crippen LogP) is 3.86. The van der Waals surface area contributed by atoms with Gasteiger partial charge in [-0.25, -0.2) is 13.1 Å². The molecule has 1 unspecified atom stereocenters. The van der Waals surface area contributed by atoms with Crippen LogP contribution in [0.4, 0.5) is 0 Å². The van der Waals surface area contributed by atoms with Crippen LogP contribution >= 0.6 is 15.9 Å². The first kappa shape index (κ1) is 16.7. The van der Waals surface area contributed by atoms with E-state index in [9.17, 15) is 8.42 Å². The van der Waals surface area contributed by atoms with Crippen LogP contribution in [-0.4, -0.2) is 14.5 Å². The highest BCUT2D eigenvalue weighted by molar-refractivity contribution is 9.10. The molecule has 0 aliphatic carbocycles. The van der Waals surface area contributed by atoms with E-state index in [1.165, 1.54) is 0 Å². The molecule has 3 nitrogen and oxygen atoms in total. The Bertz CT molecular complexity index is 524. The van der Waals surface area contributed by atoms with Gasteiger partial charge in [0.15, 0.2) is 0 Å². The molecule has 1 N–H and O–H groups in total. The van der Waals surface area contributed by atoms with Gasteiger partial charge in [-0.15, -0.1) is 0 Å². The van der Waals surface area contributed by atoms with Gasteiger partial charge in [-0.3, -0.25) is 0 Å². The molecule has 5 heteroatoms. The van der Waals surface area contributed by atoms with Gasteiger partial charge in [-0.1, -0.05) is 42.6 Å². The second-order valence-electron chi connectivity index (χ2n) is 4.90. The number of halogens is 1. The highest BCUT2D eigenvalue weighted by Crippen LogP contribution is 2.21. The number of sulfonamides is 1. The lowest BCUT2D eigenvalue weighted by Crippen LogP contribution is -2.37. The number of aryl methyl sites for hydroxylation is 1. The molecule has 0 spiro atoms. The van der Waals surface area contributed by atoms with E-state index in [-0.39, 0.29) is 6.04 Å². The van der Waals surface area contributed by atoms with Gasteiger partial charge in [-0.05, 0) is 43.5 Å². The molecule has 0 amide bonds. The van der Waals surface area contributed by atoms with E-state index < -0.39 is 10.0 Å². The normalized spacial score (nSPS) is 13.8. The first-order valence-electron chi connectivity index (χ1n) is 6.60. The summed E-state index contributed by atoms with van der Waals surface area (Å²) in [7, 11) is -3.43. The molecule has 0 bridgehead atoms. The highest BCUT2D eigenvalue weighted by Gasteiger charge is 2.22. The number of rotatable bonds is 6. The fraction of sp³-hybridized carbons (Fsp3) is 0.571. The van der Waals surface area contributed by atoms with Crippen molar-refractivity contribution < 1.29 is 8.42 Å². The highest BCUT2D eigenvalue weighted by atomic mass is 79.9. The molecule has 0 heterocycles. The van der Waals surface area contributed by atoms with Crippen molar-refractivity contribution in [1.82, 2.24) is 4.72 Å². The quantitative estimate of drug-likeness (QED) is 0.849. The zero-order chi connectivity index (χ0) is 14.6. The number of nitrogens with one attached hydrogen (secondary N) is 1. The predicted molar refractivity (Wildman–Crippen MR) is 82.7 cm³/mol. The zero-order valence-electron chi connectivity index (χ0n) is 11.9. The van der Waals surface area contributed by atoms with Crippen molar-refractivity contribution in [3.63, 3.8) is 0 Å². The minimum absolute atomic E-state index is 0.0519. The molecule has 0 aromatic heterocycles. The van der Waals surface area contributed by atoms with Crippen molar-refractivity contribution in [2.24, 2.45) is 5.92 Å². The number of benzene rings is 1. The molecule has 0 saturated carbocycles. The lowest BCUT2D eigenvalue weighted by Gasteiger charge is -2.22. The maximum absolute atomic E-state index is 12.3. The van der Waals surface area contributed by atoms with Crippen LogP contribution in [0.2, 0.25) is 0 Å². The summed E-state index contributed by atoms with van der Waals surface area (Å²) in [6.07, 6.45) is 1.94. The summed E-state index contributed by atoms with van der Waals surface area (Å²) < 4.78 is 28.3. The van der Waals surface area contributed by atoms with Crippen molar-refractivity contribution in [1.29, 1.82) is 0 Å². The van der Waals surface area contributed by atoms with E-state index in [0.717, 1.165) is 22.9 Å². The zero-order valence-corrected chi connectivity index (χ0v) is 14.3. The van der Waals surface area contributed by atoms with Crippen LogP contribution in [0.5, 0.6) is 0 Å². The van der Waals surface area contributed by atoms with Crippen LogP contribution in [0, 0.1) is 12.8 Å². The van der Waals surface area contributed by atoms with E-state index in [1.54, 1.807) is 18.2 Å². The molecule has 1 rings (SSSR count). The summed E-state index contributed by atoms with van der Waals surface area (Å²) in [5.74, 6) is 0.367. The second-order valence-corrected chi connectivity index (χ2v) is 7.47. The number of hydrogen-bond acceptors (Lipinski definition) is 2. The SMILES string of the molecule is CCC(CC)C(C)NS(=O)(=O)c1ccc(Br)c(C)c1. The average Bonchev–Trinajstić information content (AvgIpc) is 2.33. The molecule has 1 aromatic rings. The lowest BCUT2D eigenvalue weighted by molar-refractivity contribution is 0.390. The summed E-state index contributed by atoms with van der Waals surface area (Å²) in [5.41, 5.74) is 0.915. The monoisotopic (exact) mass is 347 g/mol. The maximum Gasteiger partial charge on any atom is 0.240 e. The van der Waals surface area contributed by atoms with E-state index in [2.05, 4.69) is 34.5 Å². The first-order chi connectivity index (χ1) is 8.81. The third-order valence-corrected chi connectivity index (χ3v) is 5.98. The Morgan fingerprint density at radius 2 is 1.84 bits per heavy atom. The number of hydrogen-bond donors (Lipinski definition) is 1. The topological polar surface area (TPSA) is 46.2 Å². The molecule has 108 valence electrons. The first-order valence-corrected chi connectivity index (χ1v) is 8.87. The summed E-state index contributed by atoms with van der Waals surface area (Å²) in [5, 5.41) is 0. The van der Waals surface area contributed by atoms with Crippen molar-refractivity contribution in [2.75, 3.05) is 0 Å². The fourth-order valence-electron chi connectivity index (χ4n) is 2.19. The summed E-state index contributed by atoms with van der Waals surface area (Å²) >= 11 is 3.38. The van der Waals surface area contributed by atoms with Crippen LogP contribution in [0.3, 0.4) is 0 Å². The van der Waals surface area contributed by atoms with Crippen LogP contribution in [0.25, 0.3) is 0 Å². The Balaban J connectivity index is 2.95. The van der Waals surface area contributed by atoms with Gasteiger partial charge >= 0.3 is 0 Å². The molecule has 19 heavy (non-hydrogen) atoms. The van der Waals surface area contributed by atoms with Gasteiger partial charge in [0.2, 0.25) is 10.0 Å². The van der Waals surface area contributed by atoms with Gasteiger partial charge < -0.3 is 0 Å². The Kier molecular flexibility index (Phi) is 6.02. The molecule has 1 atom stereocenters. The minimum Gasteiger partial charge on any atom is -0.208 e. The van der Waals surface area contributed by atoms with Gasteiger partial charge in [-0.2, -0.15) is 0 Å². The van der Waals surface area contributed by atoms with E-state index >= 15 is 0 Å². The van der Waals surface area contributed by atoms with E-state index in [4.69, 9.17) is 0 Å². The van der Waals surface area contributed by atoms with E-state index in [0.29, 0.717) is 10.8 Å². The Morgan fingerprint density at radius 3 is 2.32 bits per heavy atom.